The van der Waals surface area contributed by atoms with Crippen molar-refractivity contribution < 1.29 is 29.0 Å². The molecule has 4 rings (SSSR count). The van der Waals surface area contributed by atoms with Crippen molar-refractivity contribution in [1.82, 2.24) is 4.90 Å². The maximum atomic E-state index is 14.6. The summed E-state index contributed by atoms with van der Waals surface area (Å²) in [6.07, 6.45) is 5.79. The zero-order valence-electron chi connectivity index (χ0n) is 24.7. The first-order chi connectivity index (χ1) is 19.8. The summed E-state index contributed by atoms with van der Waals surface area (Å²) >= 11 is 0. The molecule has 0 aromatic heterocycles. The van der Waals surface area contributed by atoms with Gasteiger partial charge in [0.1, 0.15) is 24.2 Å². The van der Waals surface area contributed by atoms with Gasteiger partial charge in [0.2, 0.25) is 5.91 Å². The van der Waals surface area contributed by atoms with E-state index in [1.165, 1.54) is 6.08 Å². The molecule has 5 atom stereocenters. The molecule has 41 heavy (non-hydrogen) atoms. The molecule has 2 amide bonds. The number of rotatable bonds is 15. The summed E-state index contributed by atoms with van der Waals surface area (Å²) in [4.78, 5) is 47.7. The van der Waals surface area contributed by atoms with Gasteiger partial charge in [0.05, 0.1) is 11.5 Å². The van der Waals surface area contributed by atoms with E-state index in [0.717, 1.165) is 18.8 Å². The van der Waals surface area contributed by atoms with Crippen molar-refractivity contribution in [3.8, 4) is 0 Å². The van der Waals surface area contributed by atoms with Crippen LogP contribution in [0.1, 0.15) is 52.9 Å². The normalized spacial score (nSPS) is 28.0. The van der Waals surface area contributed by atoms with Crippen molar-refractivity contribution in [1.29, 1.82) is 0 Å². The minimum Gasteiger partial charge on any atom is -0.461 e. The number of fused-ring (bicyclic) bond motifs is 1. The van der Waals surface area contributed by atoms with Gasteiger partial charge in [-0.3, -0.25) is 14.4 Å². The number of unbranched alkanes of at least 4 members (excludes halogenated alkanes) is 1. The molecule has 0 aliphatic carbocycles. The third-order valence-corrected chi connectivity index (χ3v) is 9.19. The van der Waals surface area contributed by atoms with Crippen LogP contribution >= 0.6 is 0 Å². The topological polar surface area (TPSA) is 99.6 Å². The quantitative estimate of drug-likeness (QED) is 0.196. The van der Waals surface area contributed by atoms with E-state index in [1.54, 1.807) is 15.9 Å². The molecule has 2 unspecified atom stereocenters. The highest BCUT2D eigenvalue weighted by Crippen LogP contribution is 2.64. The Kier molecular flexibility index (Phi) is 9.59. The Labute approximate surface area is 243 Å². The summed E-state index contributed by atoms with van der Waals surface area (Å²) in [6.45, 7) is 16.0. The van der Waals surface area contributed by atoms with Crippen LogP contribution in [0.15, 0.2) is 49.6 Å². The van der Waals surface area contributed by atoms with Crippen molar-refractivity contribution in [3.05, 3.63) is 49.6 Å². The number of amides is 2. The van der Waals surface area contributed by atoms with Gasteiger partial charge in [0, 0.05) is 44.2 Å². The van der Waals surface area contributed by atoms with Crippen molar-refractivity contribution in [2.24, 2.45) is 11.8 Å². The second kappa shape index (κ2) is 12.8. The first-order valence-corrected chi connectivity index (χ1v) is 14.9. The van der Waals surface area contributed by atoms with Crippen molar-refractivity contribution in [2.75, 3.05) is 49.2 Å². The molecule has 0 radical (unpaired) electrons. The highest BCUT2D eigenvalue weighted by Gasteiger charge is 2.79. The van der Waals surface area contributed by atoms with E-state index in [2.05, 4.69) is 31.9 Å². The number of hydrogen-bond donors (Lipinski definition) is 1. The van der Waals surface area contributed by atoms with Crippen LogP contribution in [0.4, 0.5) is 11.4 Å². The molecule has 3 heterocycles. The van der Waals surface area contributed by atoms with Gasteiger partial charge >= 0.3 is 5.97 Å². The largest absolute Gasteiger partial charge is 0.461 e. The monoisotopic (exact) mass is 567 g/mol. The minimum absolute atomic E-state index is 0.0113. The van der Waals surface area contributed by atoms with E-state index in [9.17, 15) is 19.5 Å². The van der Waals surface area contributed by atoms with Crippen molar-refractivity contribution in [3.63, 3.8) is 0 Å². The Hall–Kier alpha value is -3.17. The Morgan fingerprint density at radius 2 is 1.78 bits per heavy atom. The Balaban J connectivity index is 1.76. The number of benzene rings is 1. The molecule has 9 nitrogen and oxygen atoms in total. The van der Waals surface area contributed by atoms with E-state index in [4.69, 9.17) is 9.47 Å². The van der Waals surface area contributed by atoms with Gasteiger partial charge in [-0.2, -0.15) is 0 Å². The van der Waals surface area contributed by atoms with Crippen molar-refractivity contribution >= 4 is 29.2 Å². The minimum atomic E-state index is -1.14. The van der Waals surface area contributed by atoms with Crippen LogP contribution in [0, 0.1) is 11.8 Å². The number of esters is 1. The molecule has 0 saturated carbocycles. The molecule has 9 heteroatoms. The van der Waals surface area contributed by atoms with Gasteiger partial charge in [-0.1, -0.05) is 25.7 Å². The number of aliphatic hydroxyl groups is 1. The number of carbonyl (C=O) groups excluding carboxylic acids is 3. The number of ether oxygens (including phenoxy) is 2. The van der Waals surface area contributed by atoms with Crippen LogP contribution in [-0.2, 0) is 23.9 Å². The zero-order chi connectivity index (χ0) is 29.8. The number of hydrogen-bond acceptors (Lipinski definition) is 7. The molecule has 1 N–H and O–H groups in total. The fourth-order valence-corrected chi connectivity index (χ4v) is 7.25. The molecule has 3 aliphatic heterocycles. The predicted molar refractivity (Wildman–Crippen MR) is 159 cm³/mol. The maximum Gasteiger partial charge on any atom is 0.313 e. The molecule has 1 aromatic rings. The maximum absolute atomic E-state index is 14.6. The fraction of sp³-hybridized carbons (Fsp3) is 0.594. The van der Waals surface area contributed by atoms with E-state index in [1.807, 2.05) is 31.2 Å². The van der Waals surface area contributed by atoms with Crippen LogP contribution in [0.25, 0.3) is 0 Å². The highest BCUT2D eigenvalue weighted by molar-refractivity contribution is 6.05. The van der Waals surface area contributed by atoms with Crippen LogP contribution in [-0.4, -0.2) is 84.4 Å². The average Bonchev–Trinajstić information content (AvgIpc) is 3.59. The molecule has 3 saturated heterocycles. The van der Waals surface area contributed by atoms with Gasteiger partial charge in [-0.25, -0.2) is 0 Å². The summed E-state index contributed by atoms with van der Waals surface area (Å²) in [5, 5.41) is 9.43. The molecule has 1 spiro atoms. The summed E-state index contributed by atoms with van der Waals surface area (Å²) in [6, 6.07) is 6.94. The fourth-order valence-electron chi connectivity index (χ4n) is 7.25. The molecule has 2 bridgehead atoms. The van der Waals surface area contributed by atoms with Crippen LogP contribution < -0.4 is 9.80 Å². The summed E-state index contributed by atoms with van der Waals surface area (Å²) in [7, 11) is 0. The molecular weight excluding hydrogens is 522 g/mol. The van der Waals surface area contributed by atoms with Crippen molar-refractivity contribution in [2.45, 2.75) is 70.1 Å². The van der Waals surface area contributed by atoms with Gasteiger partial charge in [0.25, 0.3) is 5.91 Å². The molecule has 224 valence electrons. The lowest BCUT2D eigenvalue weighted by atomic mass is 9.65. The summed E-state index contributed by atoms with van der Waals surface area (Å²) < 4.78 is 12.3. The Morgan fingerprint density at radius 3 is 2.37 bits per heavy atom. The second-order valence-electron chi connectivity index (χ2n) is 11.1. The third-order valence-electron chi connectivity index (χ3n) is 9.19. The van der Waals surface area contributed by atoms with E-state index >= 15 is 0 Å². The molecular formula is C32H45N3O6. The predicted octanol–water partition coefficient (Wildman–Crippen LogP) is 3.71. The lowest BCUT2D eigenvalue weighted by Gasteiger charge is -2.37. The van der Waals surface area contributed by atoms with Gasteiger partial charge < -0.3 is 29.3 Å². The number of carbonyl (C=O) groups is 3. The summed E-state index contributed by atoms with van der Waals surface area (Å²) in [5.41, 5.74) is -0.230. The molecule has 3 aliphatic rings. The lowest BCUT2D eigenvalue weighted by Crippen LogP contribution is -2.56. The smallest absolute Gasteiger partial charge is 0.313 e. The van der Waals surface area contributed by atoms with Gasteiger partial charge in [-0.05, 0) is 70.2 Å². The number of anilines is 2. The average molecular weight is 568 g/mol. The van der Waals surface area contributed by atoms with E-state index in [-0.39, 0.29) is 38.1 Å². The SMILES string of the molecule is C=CCOC(=O)[C@H]1[C@H]2C(=O)N(CCCCO)C(C(=O)N(CC=C)c3ccc(N(CC)CC)cc3)C23CC[C@]1(CC)O3. The zero-order valence-corrected chi connectivity index (χ0v) is 24.7. The standard InChI is InChI=1S/C32H45N3O6/c1-6-19-34(24-15-13-23(14-16-24)33(9-4)10-5)29(38)27-32-18-17-31(8-3,41-32)26(30(39)40-22-7-2)25(32)28(37)35(27)20-11-12-21-36/h6-7,13-16,25-27,36H,1-2,8-12,17-22H2,3-5H3/t25-,26+,27?,31-,32?/m0/s1. The Bertz CT molecular complexity index is 1130. The van der Waals surface area contributed by atoms with Crippen LogP contribution in [0.5, 0.6) is 0 Å². The Morgan fingerprint density at radius 1 is 1.10 bits per heavy atom. The number of nitrogens with zero attached hydrogens (tertiary/aromatic N) is 3. The number of aliphatic hydroxyl groups excluding tert-OH is 1. The first-order valence-electron chi connectivity index (χ1n) is 14.9. The second-order valence-corrected chi connectivity index (χ2v) is 11.1. The number of likely N-dealkylation sites (tertiary alicyclic amines) is 1. The van der Waals surface area contributed by atoms with Gasteiger partial charge in [0.15, 0.2) is 0 Å². The molecule has 3 fully saturated rings. The third kappa shape index (κ3) is 5.18. The lowest BCUT2D eigenvalue weighted by molar-refractivity contribution is -0.159. The highest BCUT2D eigenvalue weighted by atomic mass is 16.6. The van der Waals surface area contributed by atoms with E-state index < -0.39 is 35.0 Å². The molecule has 1 aromatic carbocycles. The van der Waals surface area contributed by atoms with Crippen LogP contribution in [0.2, 0.25) is 0 Å². The summed E-state index contributed by atoms with van der Waals surface area (Å²) in [5.74, 6) is -2.61. The van der Waals surface area contributed by atoms with E-state index in [0.29, 0.717) is 37.8 Å². The van der Waals surface area contributed by atoms with Gasteiger partial charge in [-0.15, -0.1) is 6.58 Å². The van der Waals surface area contributed by atoms with Crippen LogP contribution in [0.3, 0.4) is 0 Å². The first kappa shape index (κ1) is 30.8.